The van der Waals surface area contributed by atoms with Gasteiger partial charge < -0.3 is 4.90 Å². The van der Waals surface area contributed by atoms with Crippen molar-refractivity contribution in [2.45, 2.75) is 24.5 Å². The summed E-state index contributed by atoms with van der Waals surface area (Å²) >= 11 is 3.42. The Kier molecular flexibility index (Phi) is 3.74. The standard InChI is InChI=1S/C12H16N4OS2/c1-18-9-4-2-3-7-15(8-9)12-14-16-10(17)5-6-13-11(16)19-12/h5-6,9H,2-4,7-8H2,1H3. The first-order valence-electron chi connectivity index (χ1n) is 6.40. The van der Waals surface area contributed by atoms with Crippen molar-refractivity contribution in [3.63, 3.8) is 0 Å². The number of rotatable bonds is 2. The summed E-state index contributed by atoms with van der Waals surface area (Å²) in [6.07, 6.45) is 7.44. The van der Waals surface area contributed by atoms with Crippen molar-refractivity contribution < 1.29 is 0 Å². The second-order valence-electron chi connectivity index (χ2n) is 4.66. The van der Waals surface area contributed by atoms with Crippen LogP contribution in [0.1, 0.15) is 19.3 Å². The van der Waals surface area contributed by atoms with E-state index in [1.165, 1.54) is 41.2 Å². The van der Waals surface area contributed by atoms with Crippen molar-refractivity contribution in [1.82, 2.24) is 14.6 Å². The SMILES string of the molecule is CSC1CCCCN(c2nn3c(=O)ccnc3s2)C1. The Morgan fingerprint density at radius 3 is 3.16 bits per heavy atom. The largest absolute Gasteiger partial charge is 0.346 e. The molecule has 1 fully saturated rings. The van der Waals surface area contributed by atoms with Gasteiger partial charge in [0.1, 0.15) is 0 Å². The fourth-order valence-electron chi connectivity index (χ4n) is 2.33. The van der Waals surface area contributed by atoms with Crippen LogP contribution in [0.4, 0.5) is 5.13 Å². The van der Waals surface area contributed by atoms with Crippen LogP contribution in [-0.4, -0.2) is 39.2 Å². The second kappa shape index (κ2) is 5.50. The molecular weight excluding hydrogens is 280 g/mol. The summed E-state index contributed by atoms with van der Waals surface area (Å²) in [5, 5.41) is 5.99. The molecule has 0 saturated carbocycles. The summed E-state index contributed by atoms with van der Waals surface area (Å²) in [6, 6.07) is 1.45. The first kappa shape index (κ1) is 12.9. The van der Waals surface area contributed by atoms with Gasteiger partial charge in [0.2, 0.25) is 10.1 Å². The Morgan fingerprint density at radius 2 is 2.37 bits per heavy atom. The van der Waals surface area contributed by atoms with Crippen molar-refractivity contribution in [1.29, 1.82) is 0 Å². The summed E-state index contributed by atoms with van der Waals surface area (Å²) in [6.45, 7) is 2.03. The number of aromatic nitrogens is 3. The fraction of sp³-hybridized carbons (Fsp3) is 0.583. The van der Waals surface area contributed by atoms with Crippen LogP contribution in [0.3, 0.4) is 0 Å². The molecule has 0 aromatic carbocycles. The average Bonchev–Trinajstić information content (AvgIpc) is 2.71. The maximum absolute atomic E-state index is 11.7. The molecule has 0 N–H and O–H groups in total. The van der Waals surface area contributed by atoms with Gasteiger partial charge in [0, 0.05) is 30.6 Å². The van der Waals surface area contributed by atoms with E-state index < -0.39 is 0 Å². The van der Waals surface area contributed by atoms with Crippen LogP contribution in [0.15, 0.2) is 17.1 Å². The topological polar surface area (TPSA) is 50.5 Å². The van der Waals surface area contributed by atoms with Gasteiger partial charge in [0.15, 0.2) is 0 Å². The molecule has 1 saturated heterocycles. The molecule has 1 aliphatic rings. The van der Waals surface area contributed by atoms with E-state index in [0.717, 1.165) is 18.2 Å². The van der Waals surface area contributed by atoms with Crippen molar-refractivity contribution in [3.8, 4) is 0 Å². The zero-order valence-electron chi connectivity index (χ0n) is 10.8. The fourth-order valence-corrected chi connectivity index (χ4v) is 3.97. The molecule has 7 heteroatoms. The normalized spacial score (nSPS) is 20.7. The lowest BCUT2D eigenvalue weighted by Crippen LogP contribution is -2.29. The predicted molar refractivity (Wildman–Crippen MR) is 80.5 cm³/mol. The van der Waals surface area contributed by atoms with Crippen LogP contribution >= 0.6 is 23.1 Å². The third-order valence-corrected chi connectivity index (χ3v) is 5.43. The number of thioether (sulfide) groups is 1. The van der Waals surface area contributed by atoms with Crippen LogP contribution in [0, 0.1) is 0 Å². The van der Waals surface area contributed by atoms with E-state index >= 15 is 0 Å². The molecule has 102 valence electrons. The van der Waals surface area contributed by atoms with E-state index in [0.29, 0.717) is 10.2 Å². The van der Waals surface area contributed by atoms with Crippen LogP contribution in [0.2, 0.25) is 0 Å². The van der Waals surface area contributed by atoms with E-state index in [1.54, 1.807) is 6.20 Å². The monoisotopic (exact) mass is 296 g/mol. The van der Waals surface area contributed by atoms with Gasteiger partial charge in [0.25, 0.3) is 5.56 Å². The summed E-state index contributed by atoms with van der Waals surface area (Å²) in [4.78, 5) is 18.9. The Labute approximate surface area is 119 Å². The number of anilines is 1. The molecule has 0 spiro atoms. The van der Waals surface area contributed by atoms with E-state index in [2.05, 4.69) is 21.2 Å². The molecule has 2 aromatic heterocycles. The minimum Gasteiger partial charge on any atom is -0.346 e. The smallest absolute Gasteiger partial charge is 0.275 e. The van der Waals surface area contributed by atoms with Gasteiger partial charge in [0.05, 0.1) is 0 Å². The van der Waals surface area contributed by atoms with Crippen LogP contribution in [0.5, 0.6) is 0 Å². The van der Waals surface area contributed by atoms with Crippen LogP contribution in [-0.2, 0) is 0 Å². The molecule has 3 heterocycles. The van der Waals surface area contributed by atoms with E-state index in [4.69, 9.17) is 0 Å². The van der Waals surface area contributed by atoms with E-state index in [-0.39, 0.29) is 5.56 Å². The van der Waals surface area contributed by atoms with Gasteiger partial charge >= 0.3 is 0 Å². The zero-order valence-corrected chi connectivity index (χ0v) is 12.4. The lowest BCUT2D eigenvalue weighted by atomic mass is 10.2. The Morgan fingerprint density at radius 1 is 1.47 bits per heavy atom. The molecule has 1 aliphatic heterocycles. The Hall–Kier alpha value is -1.08. The molecule has 0 radical (unpaired) electrons. The van der Waals surface area contributed by atoms with E-state index in [1.807, 2.05) is 11.8 Å². The van der Waals surface area contributed by atoms with Gasteiger partial charge in [-0.2, -0.15) is 16.3 Å². The molecule has 1 unspecified atom stereocenters. The highest BCUT2D eigenvalue weighted by atomic mass is 32.2. The molecule has 0 bridgehead atoms. The van der Waals surface area contributed by atoms with Crippen molar-refractivity contribution in [2.75, 3.05) is 24.2 Å². The maximum Gasteiger partial charge on any atom is 0.275 e. The summed E-state index contributed by atoms with van der Waals surface area (Å²) in [5.41, 5.74) is -0.108. The number of nitrogens with zero attached hydrogens (tertiary/aromatic N) is 4. The minimum absolute atomic E-state index is 0.108. The molecular formula is C12H16N4OS2. The summed E-state index contributed by atoms with van der Waals surface area (Å²) in [7, 11) is 0. The lowest BCUT2D eigenvalue weighted by molar-refractivity contribution is 0.736. The third-order valence-electron chi connectivity index (χ3n) is 3.39. The molecule has 2 aromatic rings. The molecule has 19 heavy (non-hydrogen) atoms. The van der Waals surface area contributed by atoms with Gasteiger partial charge in [-0.3, -0.25) is 4.79 Å². The molecule has 0 amide bonds. The van der Waals surface area contributed by atoms with Gasteiger partial charge in [-0.1, -0.05) is 17.8 Å². The molecule has 1 atom stereocenters. The Bertz CT molecular complexity index is 623. The minimum atomic E-state index is -0.108. The Balaban J connectivity index is 1.94. The maximum atomic E-state index is 11.7. The molecule has 3 rings (SSSR count). The second-order valence-corrected chi connectivity index (χ2v) is 6.73. The summed E-state index contributed by atoms with van der Waals surface area (Å²) < 4.78 is 1.40. The van der Waals surface area contributed by atoms with Gasteiger partial charge in [-0.05, 0) is 19.1 Å². The number of fused-ring (bicyclic) bond motifs is 1. The number of hydrogen-bond donors (Lipinski definition) is 0. The highest BCUT2D eigenvalue weighted by Crippen LogP contribution is 2.27. The average molecular weight is 296 g/mol. The first-order valence-corrected chi connectivity index (χ1v) is 8.51. The van der Waals surface area contributed by atoms with Crippen molar-refractivity contribution >= 4 is 33.2 Å². The van der Waals surface area contributed by atoms with E-state index in [9.17, 15) is 4.79 Å². The lowest BCUT2D eigenvalue weighted by Gasteiger charge is -2.22. The zero-order chi connectivity index (χ0) is 13.2. The van der Waals surface area contributed by atoms with Crippen molar-refractivity contribution in [3.05, 3.63) is 22.6 Å². The highest BCUT2D eigenvalue weighted by Gasteiger charge is 2.20. The van der Waals surface area contributed by atoms with Crippen LogP contribution < -0.4 is 10.5 Å². The molecule has 0 aliphatic carbocycles. The molecule has 5 nitrogen and oxygen atoms in total. The summed E-state index contributed by atoms with van der Waals surface area (Å²) in [5.74, 6) is 0. The van der Waals surface area contributed by atoms with Crippen LogP contribution in [0.25, 0.3) is 4.96 Å². The first-order chi connectivity index (χ1) is 9.28. The highest BCUT2D eigenvalue weighted by molar-refractivity contribution is 7.99. The third kappa shape index (κ3) is 2.62. The van der Waals surface area contributed by atoms with Gasteiger partial charge in [-0.25, -0.2) is 4.98 Å². The predicted octanol–water partition coefficient (Wildman–Crippen LogP) is 1.87. The van der Waals surface area contributed by atoms with Crippen molar-refractivity contribution in [2.24, 2.45) is 0 Å². The quantitative estimate of drug-likeness (QED) is 0.847. The van der Waals surface area contributed by atoms with Gasteiger partial charge in [-0.15, -0.1) is 5.10 Å². The number of hydrogen-bond acceptors (Lipinski definition) is 6.